The van der Waals surface area contributed by atoms with E-state index in [9.17, 15) is 5.48 Å². The Morgan fingerprint density at radius 3 is 1.15 bits per heavy atom. The summed E-state index contributed by atoms with van der Waals surface area (Å²) < 4.78 is 90.7. The molecule has 2 nitrogen and oxygen atoms in total. The molecule has 2 heterocycles. The molecule has 2 aliphatic heterocycles. The van der Waals surface area contributed by atoms with E-state index >= 15 is 0 Å². The number of benzene rings is 9. The Morgan fingerprint density at radius 1 is 0.394 bits per heavy atom. The first-order valence-electron chi connectivity index (χ1n) is 27.6. The van der Waals surface area contributed by atoms with Crippen LogP contribution in [0, 0.1) is 6.92 Å². The molecule has 2 aliphatic rings. The standard InChI is InChI=1S/C63H55BN2/c1-42-38-57-59-58(39-42)66(61-51(45-26-16-10-17-27-45)32-21-33-52(61)46-28-18-11-19-29-46)56-37-35-48(63(5,6)7)41-54(56)64(59)53-40-47(62(2,3)4)34-36-55(53)65(57)60-49(43-22-12-8-13-23-43)30-20-31-50(60)44-24-14-9-15-25-44/h8-41H,1-7H3/i8D,10D,12D,13D,16D,17D,22D,23D,26D,27D. The van der Waals surface area contributed by atoms with Gasteiger partial charge >= 0.3 is 0 Å². The molecule has 0 radical (unpaired) electrons. The third-order valence-electron chi connectivity index (χ3n) is 13.2. The van der Waals surface area contributed by atoms with Crippen molar-refractivity contribution in [1.82, 2.24) is 0 Å². The molecule has 320 valence electrons. The molecule has 0 bridgehead atoms. The fraction of sp³-hybridized carbons (Fsp3) is 0.143. The van der Waals surface area contributed by atoms with Crippen LogP contribution in [0.15, 0.2) is 206 Å². The zero-order chi connectivity index (χ0) is 54.0. The van der Waals surface area contributed by atoms with Crippen molar-refractivity contribution in [3.05, 3.63) is 223 Å². The molecule has 9 aromatic rings. The van der Waals surface area contributed by atoms with Gasteiger partial charge in [-0.05, 0) is 97.4 Å². The summed E-state index contributed by atoms with van der Waals surface area (Å²) in [6.07, 6.45) is 0. The van der Waals surface area contributed by atoms with Crippen molar-refractivity contribution in [3.8, 4) is 44.5 Å². The fourth-order valence-electron chi connectivity index (χ4n) is 10.0. The molecule has 0 saturated carbocycles. The van der Waals surface area contributed by atoms with E-state index in [-0.39, 0.29) is 52.8 Å². The quantitative estimate of drug-likeness (QED) is 0.154. The highest BCUT2D eigenvalue weighted by Gasteiger charge is 2.45. The topological polar surface area (TPSA) is 6.48 Å². The minimum Gasteiger partial charge on any atom is -0.310 e. The van der Waals surface area contributed by atoms with Crippen LogP contribution in [-0.4, -0.2) is 6.71 Å². The van der Waals surface area contributed by atoms with E-state index in [1.54, 1.807) is 0 Å². The summed E-state index contributed by atoms with van der Waals surface area (Å²) >= 11 is 0. The van der Waals surface area contributed by atoms with E-state index in [2.05, 4.69) is 107 Å². The Labute approximate surface area is 406 Å². The molecule has 0 atom stereocenters. The van der Waals surface area contributed by atoms with Gasteiger partial charge in [-0.1, -0.05) is 223 Å². The molecular formula is C63H55BN2. The summed E-state index contributed by atoms with van der Waals surface area (Å²) in [5, 5.41) is 0. The van der Waals surface area contributed by atoms with Gasteiger partial charge in [0.1, 0.15) is 0 Å². The maximum atomic E-state index is 9.45. The van der Waals surface area contributed by atoms with Crippen LogP contribution in [0.5, 0.6) is 0 Å². The van der Waals surface area contributed by atoms with Crippen LogP contribution < -0.4 is 26.2 Å². The van der Waals surface area contributed by atoms with Crippen LogP contribution >= 0.6 is 0 Å². The molecule has 0 aliphatic carbocycles. The van der Waals surface area contributed by atoms with Crippen molar-refractivity contribution in [2.75, 3.05) is 9.80 Å². The van der Waals surface area contributed by atoms with E-state index in [0.29, 0.717) is 22.5 Å². The summed E-state index contributed by atoms with van der Waals surface area (Å²) in [5.74, 6) is 0. The van der Waals surface area contributed by atoms with E-state index in [4.69, 9.17) is 8.22 Å². The Balaban J connectivity index is 1.35. The van der Waals surface area contributed by atoms with Crippen LogP contribution in [0.1, 0.15) is 71.9 Å². The van der Waals surface area contributed by atoms with Crippen molar-refractivity contribution in [2.24, 2.45) is 0 Å². The number of rotatable bonds is 6. The molecular weight excluding hydrogens is 796 g/mol. The number of nitrogens with zero attached hydrogens (tertiary/aromatic N) is 2. The third kappa shape index (κ3) is 6.97. The van der Waals surface area contributed by atoms with Gasteiger partial charge in [0, 0.05) is 45.0 Å². The molecule has 66 heavy (non-hydrogen) atoms. The van der Waals surface area contributed by atoms with Gasteiger partial charge in [-0.25, -0.2) is 0 Å². The average molecular weight is 861 g/mol. The van der Waals surface area contributed by atoms with Crippen LogP contribution in [0.3, 0.4) is 0 Å². The van der Waals surface area contributed by atoms with Gasteiger partial charge in [0.15, 0.2) is 0 Å². The molecule has 0 saturated heterocycles. The second-order valence-electron chi connectivity index (χ2n) is 19.5. The molecule has 0 amide bonds. The van der Waals surface area contributed by atoms with Crippen molar-refractivity contribution < 1.29 is 13.7 Å². The number of hydrogen-bond donors (Lipinski definition) is 0. The van der Waals surface area contributed by atoms with E-state index in [1.807, 2.05) is 97.1 Å². The first kappa shape index (κ1) is 31.5. The van der Waals surface area contributed by atoms with Gasteiger partial charge in [0.25, 0.3) is 6.71 Å². The van der Waals surface area contributed by atoms with Crippen LogP contribution in [0.4, 0.5) is 34.1 Å². The third-order valence-corrected chi connectivity index (χ3v) is 13.2. The highest BCUT2D eigenvalue weighted by molar-refractivity contribution is 7.00. The smallest absolute Gasteiger partial charge is 0.252 e. The number of para-hydroxylation sites is 2. The summed E-state index contributed by atoms with van der Waals surface area (Å²) in [6.45, 7) is 14.9. The maximum absolute atomic E-state index is 9.45. The second-order valence-corrected chi connectivity index (χ2v) is 19.5. The Morgan fingerprint density at radius 2 is 0.773 bits per heavy atom. The average Bonchev–Trinajstić information content (AvgIpc) is 3.41. The molecule has 0 fully saturated rings. The Kier molecular flexibility index (Phi) is 7.62. The maximum Gasteiger partial charge on any atom is 0.252 e. The van der Waals surface area contributed by atoms with Gasteiger partial charge in [0.05, 0.1) is 25.1 Å². The Hall–Kier alpha value is -7.36. The van der Waals surface area contributed by atoms with E-state index in [1.165, 1.54) is 0 Å². The predicted molar refractivity (Wildman–Crippen MR) is 284 cm³/mol. The van der Waals surface area contributed by atoms with Crippen LogP contribution in [0.25, 0.3) is 44.5 Å². The van der Waals surface area contributed by atoms with Crippen molar-refractivity contribution in [2.45, 2.75) is 59.3 Å². The predicted octanol–water partition coefficient (Wildman–Crippen LogP) is 15.3. The zero-order valence-corrected chi connectivity index (χ0v) is 38.3. The van der Waals surface area contributed by atoms with Crippen molar-refractivity contribution in [1.29, 1.82) is 0 Å². The first-order chi connectivity index (χ1) is 36.1. The largest absolute Gasteiger partial charge is 0.310 e. The van der Waals surface area contributed by atoms with Crippen molar-refractivity contribution >= 4 is 57.2 Å². The van der Waals surface area contributed by atoms with Gasteiger partial charge in [-0.15, -0.1) is 0 Å². The lowest BCUT2D eigenvalue weighted by Gasteiger charge is -2.46. The monoisotopic (exact) mass is 861 g/mol. The zero-order valence-electron chi connectivity index (χ0n) is 48.3. The van der Waals surface area contributed by atoms with E-state index < -0.39 is 36.3 Å². The summed E-state index contributed by atoms with van der Waals surface area (Å²) in [7, 11) is 0. The number of hydrogen-bond acceptors (Lipinski definition) is 2. The summed E-state index contributed by atoms with van der Waals surface area (Å²) in [4.78, 5) is 4.47. The highest BCUT2D eigenvalue weighted by Crippen LogP contribution is 2.53. The molecule has 9 aromatic carbocycles. The second kappa shape index (κ2) is 16.0. The van der Waals surface area contributed by atoms with Crippen molar-refractivity contribution in [3.63, 3.8) is 0 Å². The SMILES string of the molecule is [2H]c1c([2H])c([2H])c(-c2cccc(-c3ccccc3)c2N2c3ccc(C(C)(C)C)cc3B3c4cc(C(C)(C)C)ccc4N(c4c(-c5ccccc5)cccc4-c4c([2H])c([2H])c([2H])c([2H])c4[2H])c4cc(C)cc2c43)c([2H])c1[2H]. The molecule has 3 heteroatoms. The van der Waals surface area contributed by atoms with Gasteiger partial charge in [0.2, 0.25) is 0 Å². The molecule has 0 N–H and O–H groups in total. The minimum absolute atomic E-state index is 0.0807. The molecule has 11 rings (SSSR count). The molecule has 0 unspecified atom stereocenters. The molecule has 0 spiro atoms. The first-order valence-corrected chi connectivity index (χ1v) is 22.6. The summed E-state index contributed by atoms with van der Waals surface area (Å²) in [5.41, 5.74) is 14.5. The lowest BCUT2D eigenvalue weighted by Crippen LogP contribution is -2.61. The fourth-order valence-corrected chi connectivity index (χ4v) is 10.0. The normalized spacial score (nSPS) is 15.1. The number of fused-ring (bicyclic) bond motifs is 4. The lowest BCUT2D eigenvalue weighted by molar-refractivity contribution is 0.590. The van der Waals surface area contributed by atoms with Gasteiger partial charge in [-0.2, -0.15) is 0 Å². The lowest BCUT2D eigenvalue weighted by atomic mass is 9.33. The number of anilines is 6. The van der Waals surface area contributed by atoms with Crippen LogP contribution in [0.2, 0.25) is 0 Å². The van der Waals surface area contributed by atoms with Crippen LogP contribution in [-0.2, 0) is 10.8 Å². The van der Waals surface area contributed by atoms with Gasteiger partial charge < -0.3 is 9.80 Å². The number of aryl methyl sites for hydroxylation is 1. The summed E-state index contributed by atoms with van der Waals surface area (Å²) in [6, 6.07) is 45.2. The Bertz CT molecular complexity index is 3580. The van der Waals surface area contributed by atoms with E-state index in [0.717, 1.165) is 78.1 Å². The van der Waals surface area contributed by atoms with Gasteiger partial charge in [-0.3, -0.25) is 0 Å². The minimum atomic E-state index is -0.472. The molecule has 0 aromatic heterocycles. The highest BCUT2D eigenvalue weighted by atomic mass is 15.2.